The molecule has 0 amide bonds. The molecule has 327 valence electrons. The summed E-state index contributed by atoms with van der Waals surface area (Å²) in [5, 5.41) is 2.19. The standard InChI is InChI=1S/C42H32NO.C18H24GeN.Ir/c1-42(2,3)29-25-34(27-15-6-4-7-16-27)38(35(26-29)28-17-8-5-9-18-28)39-32-20-10-12-23-36(32)43-40(39)33-22-14-21-31-30-19-11-13-24-37(30)44-41(31)33;1-14(2)11-16-12-18(15-9-7-6-8-10-15)20-13-17(16)19(3,4)5;/h4-21,23-26,39H,1-3H3;6-9,12-14H,11H2,1-5H3;/q2*-1;/i;11D2;. The van der Waals surface area contributed by atoms with Gasteiger partial charge in [0, 0.05) is 31.4 Å². The smallest absolute Gasteiger partial charge is 0 e. The molecule has 1 aliphatic heterocycles. The number of pyridine rings is 1. The van der Waals surface area contributed by atoms with Gasteiger partial charge in [0.15, 0.2) is 0 Å². The van der Waals surface area contributed by atoms with E-state index in [-0.39, 0.29) is 37.4 Å². The minimum atomic E-state index is -2.20. The Kier molecular flexibility index (Phi) is 12.7. The molecule has 1 atom stereocenters. The molecule has 1 unspecified atom stereocenters. The van der Waals surface area contributed by atoms with Crippen LogP contribution in [0.5, 0.6) is 0 Å². The average molecular weight is 1090 g/mol. The Morgan fingerprint density at radius 3 is 1.97 bits per heavy atom. The second-order valence-corrected chi connectivity index (χ2v) is 29.7. The molecule has 3 heterocycles. The topological polar surface area (TPSA) is 38.4 Å². The third-order valence-corrected chi connectivity index (χ3v) is 16.2. The van der Waals surface area contributed by atoms with Gasteiger partial charge in [0.05, 0.1) is 11.3 Å². The summed E-state index contributed by atoms with van der Waals surface area (Å²) in [6.45, 7) is 10.8. The van der Waals surface area contributed by atoms with E-state index in [1.807, 2.05) is 68.6 Å². The number of aliphatic imine (C=N–C) groups is 1. The van der Waals surface area contributed by atoms with Gasteiger partial charge in [-0.2, -0.15) is 0 Å². The molecule has 0 N–H and O–H groups in total. The molecule has 0 fully saturated rings. The number of hydrogen-bond acceptors (Lipinski definition) is 3. The first-order valence-corrected chi connectivity index (χ1v) is 29.7. The van der Waals surface area contributed by atoms with Crippen LogP contribution in [-0.4, -0.2) is 24.0 Å². The van der Waals surface area contributed by atoms with Crippen molar-refractivity contribution in [3.63, 3.8) is 0 Å². The van der Waals surface area contributed by atoms with E-state index >= 15 is 0 Å². The summed E-state index contributed by atoms with van der Waals surface area (Å²) < 4.78 is 24.8. The first kappa shape index (κ1) is 43.3. The maximum atomic E-state index is 8.56. The molecule has 5 heteroatoms. The number of rotatable bonds is 8. The molecule has 0 bridgehead atoms. The minimum absolute atomic E-state index is 0. The average Bonchev–Trinajstić information content (AvgIpc) is 3.90. The Morgan fingerprint density at radius 1 is 0.708 bits per heavy atom. The van der Waals surface area contributed by atoms with Crippen molar-refractivity contribution in [2.24, 2.45) is 10.9 Å². The largest absolute Gasteiger partial charge is 0 e. The molecule has 1 aliphatic rings. The summed E-state index contributed by atoms with van der Waals surface area (Å²) in [6.07, 6.45) is 0.562. The van der Waals surface area contributed by atoms with Crippen LogP contribution in [0.25, 0.3) is 55.4 Å². The second-order valence-electron chi connectivity index (χ2n) is 19.1. The van der Waals surface area contributed by atoms with E-state index in [4.69, 9.17) is 12.2 Å². The second kappa shape index (κ2) is 19.1. The van der Waals surface area contributed by atoms with Gasteiger partial charge >= 0.3 is 128 Å². The number of fused-ring (bicyclic) bond motifs is 4. The van der Waals surface area contributed by atoms with Crippen molar-refractivity contribution in [2.45, 2.75) is 69.6 Å². The molecular weight excluding hydrogens is 1030 g/mol. The van der Waals surface area contributed by atoms with Crippen LogP contribution in [0.3, 0.4) is 0 Å². The first-order valence-electron chi connectivity index (χ1n) is 23.4. The zero-order chi connectivity index (χ0) is 46.4. The Labute approximate surface area is 404 Å². The van der Waals surface area contributed by atoms with Crippen LogP contribution < -0.4 is 4.40 Å². The molecule has 7 aromatic carbocycles. The Hall–Kier alpha value is -5.65. The SMILES string of the molecule is CC(C)(C)c1cc(-c2ccccc2)c(C2C(c3[c-]ccc4c3oc3ccccc34)=Nc3ccccc32)c(-c2ccccc2)c1.[2H]C([2H])(c1cc(-c2[c-]cccc2)nc[c]1[Ge]([CH3])([CH3])[CH3])C(C)C.[Ir]. The van der Waals surface area contributed by atoms with E-state index in [0.29, 0.717) is 0 Å². The number of aromatic nitrogens is 1. The van der Waals surface area contributed by atoms with Crippen molar-refractivity contribution in [2.75, 3.05) is 0 Å². The van der Waals surface area contributed by atoms with Gasteiger partial charge < -0.3 is 4.42 Å². The van der Waals surface area contributed by atoms with Gasteiger partial charge in [-0.15, -0.1) is 18.2 Å². The van der Waals surface area contributed by atoms with Crippen LogP contribution in [0, 0.1) is 18.1 Å². The van der Waals surface area contributed by atoms with Crippen LogP contribution >= 0.6 is 0 Å². The summed E-state index contributed by atoms with van der Waals surface area (Å²) in [5.41, 5.74) is 15.7. The summed E-state index contributed by atoms with van der Waals surface area (Å²) in [7, 11) is 0. The van der Waals surface area contributed by atoms with Crippen LogP contribution in [-0.2, 0) is 31.9 Å². The molecule has 0 aliphatic carbocycles. The predicted octanol–water partition coefficient (Wildman–Crippen LogP) is 15.6. The van der Waals surface area contributed by atoms with Crippen LogP contribution in [0.1, 0.15) is 71.1 Å². The van der Waals surface area contributed by atoms with Crippen molar-refractivity contribution >= 4 is 51.0 Å². The predicted molar refractivity (Wildman–Crippen MR) is 273 cm³/mol. The molecule has 0 spiro atoms. The third kappa shape index (κ3) is 9.54. The number of furan rings is 1. The zero-order valence-corrected chi connectivity index (χ0v) is 42.9. The number of benzene rings is 7. The summed E-state index contributed by atoms with van der Waals surface area (Å²) in [6, 6.07) is 63.8. The van der Waals surface area contributed by atoms with E-state index in [2.05, 4.69) is 170 Å². The number of para-hydroxylation sites is 2. The minimum Gasteiger partial charge on any atom is 0 e. The van der Waals surface area contributed by atoms with Gasteiger partial charge in [-0.3, -0.25) is 4.99 Å². The molecule has 2 aromatic heterocycles. The van der Waals surface area contributed by atoms with Crippen molar-refractivity contribution in [1.82, 2.24) is 4.98 Å². The van der Waals surface area contributed by atoms with Gasteiger partial charge in [0.2, 0.25) is 0 Å². The van der Waals surface area contributed by atoms with Crippen molar-refractivity contribution in [3.05, 3.63) is 210 Å². The van der Waals surface area contributed by atoms with E-state index in [1.165, 1.54) is 38.9 Å². The number of hydrogen-bond donors (Lipinski definition) is 0. The Balaban J connectivity index is 0.000000224. The quantitative estimate of drug-likeness (QED) is 0.112. The summed E-state index contributed by atoms with van der Waals surface area (Å²) in [4.78, 5) is 9.96. The molecule has 0 saturated carbocycles. The first-order chi connectivity index (χ1) is 31.6. The fraction of sp³-hybridized carbons (Fsp3) is 0.200. The van der Waals surface area contributed by atoms with Gasteiger partial charge in [0.1, 0.15) is 5.58 Å². The molecule has 9 aromatic rings. The van der Waals surface area contributed by atoms with Gasteiger partial charge in [-0.1, -0.05) is 141 Å². The molecule has 3 nitrogen and oxygen atoms in total. The van der Waals surface area contributed by atoms with Crippen molar-refractivity contribution in [1.29, 1.82) is 0 Å². The van der Waals surface area contributed by atoms with E-state index in [0.717, 1.165) is 60.1 Å². The summed E-state index contributed by atoms with van der Waals surface area (Å²) >= 11 is -2.20. The maximum Gasteiger partial charge on any atom is 0 e. The molecule has 0 saturated heterocycles. The molecular formula is C60H56GeIrN2O-2. The molecule has 10 rings (SSSR count). The summed E-state index contributed by atoms with van der Waals surface area (Å²) in [5.74, 6) is 6.65. The maximum absolute atomic E-state index is 8.56. The Bertz CT molecular complexity index is 3160. The zero-order valence-electron chi connectivity index (χ0n) is 40.5. The van der Waals surface area contributed by atoms with Gasteiger partial charge in [0.25, 0.3) is 0 Å². The van der Waals surface area contributed by atoms with Crippen LogP contribution in [0.15, 0.2) is 179 Å². The molecule has 65 heavy (non-hydrogen) atoms. The monoisotopic (exact) mass is 1090 g/mol. The van der Waals surface area contributed by atoms with Crippen LogP contribution in [0.4, 0.5) is 5.69 Å². The van der Waals surface area contributed by atoms with Crippen molar-refractivity contribution in [3.8, 4) is 33.5 Å². The fourth-order valence-corrected chi connectivity index (χ4v) is 11.8. The fourth-order valence-electron chi connectivity index (χ4n) is 8.84. The third-order valence-electron chi connectivity index (χ3n) is 12.0. The Morgan fingerprint density at radius 2 is 1.34 bits per heavy atom. The van der Waals surface area contributed by atoms with E-state index in [1.54, 1.807) is 0 Å². The van der Waals surface area contributed by atoms with Gasteiger partial charge in [-0.05, 0) is 62.2 Å². The van der Waals surface area contributed by atoms with Gasteiger partial charge in [-0.25, -0.2) is 0 Å². The van der Waals surface area contributed by atoms with E-state index in [9.17, 15) is 0 Å². The molecule has 1 radical (unpaired) electrons. The van der Waals surface area contributed by atoms with Crippen LogP contribution in [0.2, 0.25) is 17.3 Å². The number of nitrogens with zero attached hydrogens (tertiary/aromatic N) is 2. The normalized spacial score (nSPS) is 14.2. The van der Waals surface area contributed by atoms with Crippen molar-refractivity contribution < 1.29 is 27.3 Å². The van der Waals surface area contributed by atoms with E-state index < -0.39 is 19.6 Å².